The van der Waals surface area contributed by atoms with Gasteiger partial charge in [-0.05, 0) is 18.9 Å². The lowest BCUT2D eigenvalue weighted by Crippen LogP contribution is -2.36. The van der Waals surface area contributed by atoms with Gasteiger partial charge in [0.05, 0.1) is 25.2 Å². The monoisotopic (exact) mass is 204 g/mol. The summed E-state index contributed by atoms with van der Waals surface area (Å²) >= 11 is 0. The van der Waals surface area contributed by atoms with E-state index in [0.29, 0.717) is 12.0 Å². The molecular formula is C10H20O4. The van der Waals surface area contributed by atoms with Crippen molar-refractivity contribution in [2.45, 2.75) is 26.7 Å². The van der Waals surface area contributed by atoms with Crippen LogP contribution in [0, 0.1) is 5.41 Å². The SMILES string of the molecule is CCCC(C)=C(O)C(CO)(CO)CO. The molecule has 4 heteroatoms. The maximum Gasteiger partial charge on any atom is 0.104 e. The average molecular weight is 204 g/mol. The van der Waals surface area contributed by atoms with Gasteiger partial charge in [-0.15, -0.1) is 0 Å². The number of aliphatic hydroxyl groups excluding tert-OH is 4. The van der Waals surface area contributed by atoms with E-state index < -0.39 is 25.2 Å². The van der Waals surface area contributed by atoms with Crippen molar-refractivity contribution < 1.29 is 20.4 Å². The van der Waals surface area contributed by atoms with Crippen LogP contribution in [0.3, 0.4) is 0 Å². The maximum absolute atomic E-state index is 9.76. The Hall–Kier alpha value is -0.580. The van der Waals surface area contributed by atoms with E-state index in [1.54, 1.807) is 6.92 Å². The van der Waals surface area contributed by atoms with Gasteiger partial charge in [0.2, 0.25) is 0 Å². The Morgan fingerprint density at radius 3 is 1.79 bits per heavy atom. The topological polar surface area (TPSA) is 80.9 Å². The van der Waals surface area contributed by atoms with Crippen molar-refractivity contribution in [1.82, 2.24) is 0 Å². The molecule has 0 bridgehead atoms. The Morgan fingerprint density at radius 2 is 1.50 bits per heavy atom. The van der Waals surface area contributed by atoms with Crippen molar-refractivity contribution in [3.05, 3.63) is 11.3 Å². The molecule has 84 valence electrons. The Morgan fingerprint density at radius 1 is 1.07 bits per heavy atom. The lowest BCUT2D eigenvalue weighted by Gasteiger charge is -2.28. The fourth-order valence-electron chi connectivity index (χ4n) is 1.32. The number of hydrogen-bond acceptors (Lipinski definition) is 4. The van der Waals surface area contributed by atoms with Crippen molar-refractivity contribution in [1.29, 1.82) is 0 Å². The van der Waals surface area contributed by atoms with Crippen LogP contribution >= 0.6 is 0 Å². The molecule has 0 aliphatic carbocycles. The third kappa shape index (κ3) is 2.70. The molecule has 0 rings (SSSR count). The Labute approximate surface area is 84.5 Å². The second-order valence-electron chi connectivity index (χ2n) is 3.63. The van der Waals surface area contributed by atoms with Crippen molar-refractivity contribution >= 4 is 0 Å². The van der Waals surface area contributed by atoms with Crippen molar-refractivity contribution in [2.75, 3.05) is 19.8 Å². The molecule has 0 aliphatic heterocycles. The zero-order valence-electron chi connectivity index (χ0n) is 8.82. The zero-order chi connectivity index (χ0) is 11.2. The fourth-order valence-corrected chi connectivity index (χ4v) is 1.32. The minimum Gasteiger partial charge on any atom is -0.512 e. The molecule has 14 heavy (non-hydrogen) atoms. The van der Waals surface area contributed by atoms with E-state index in [9.17, 15) is 5.11 Å². The van der Waals surface area contributed by atoms with Gasteiger partial charge in [-0.2, -0.15) is 0 Å². The van der Waals surface area contributed by atoms with Crippen LogP contribution in [-0.2, 0) is 0 Å². The number of hydrogen-bond donors (Lipinski definition) is 4. The second-order valence-corrected chi connectivity index (χ2v) is 3.63. The van der Waals surface area contributed by atoms with E-state index in [1.165, 1.54) is 0 Å². The van der Waals surface area contributed by atoms with Gasteiger partial charge in [0.15, 0.2) is 0 Å². The molecule has 0 aromatic rings. The molecule has 0 aromatic heterocycles. The van der Waals surface area contributed by atoms with Gasteiger partial charge in [0, 0.05) is 0 Å². The van der Waals surface area contributed by atoms with Crippen molar-refractivity contribution in [3.8, 4) is 0 Å². The molecule has 0 aliphatic rings. The number of aliphatic hydroxyl groups is 4. The molecule has 0 fully saturated rings. The highest BCUT2D eigenvalue weighted by Crippen LogP contribution is 2.27. The summed E-state index contributed by atoms with van der Waals surface area (Å²) in [4.78, 5) is 0. The molecule has 0 radical (unpaired) electrons. The van der Waals surface area contributed by atoms with Gasteiger partial charge in [0.1, 0.15) is 5.76 Å². The van der Waals surface area contributed by atoms with Crippen LogP contribution in [-0.4, -0.2) is 40.2 Å². The highest BCUT2D eigenvalue weighted by molar-refractivity contribution is 5.14. The lowest BCUT2D eigenvalue weighted by molar-refractivity contribution is 0.00335. The van der Waals surface area contributed by atoms with E-state index in [-0.39, 0.29) is 5.76 Å². The summed E-state index contributed by atoms with van der Waals surface area (Å²) in [6, 6.07) is 0. The first-order chi connectivity index (χ1) is 6.57. The van der Waals surface area contributed by atoms with E-state index in [4.69, 9.17) is 15.3 Å². The number of allylic oxidation sites excluding steroid dienone is 1. The molecule has 0 saturated heterocycles. The predicted octanol–water partition coefficient (Wildman–Crippen LogP) is 0.582. The summed E-state index contributed by atoms with van der Waals surface area (Å²) in [6.45, 7) is 2.30. The molecule has 0 heterocycles. The van der Waals surface area contributed by atoms with Gasteiger partial charge < -0.3 is 20.4 Å². The van der Waals surface area contributed by atoms with E-state index in [0.717, 1.165) is 6.42 Å². The first-order valence-corrected chi connectivity index (χ1v) is 4.79. The summed E-state index contributed by atoms with van der Waals surface area (Å²) in [5.41, 5.74) is -0.594. The molecule has 0 spiro atoms. The minimum absolute atomic E-state index is 0.0909. The van der Waals surface area contributed by atoms with Crippen LogP contribution in [0.4, 0.5) is 0 Å². The third-order valence-electron chi connectivity index (χ3n) is 2.44. The zero-order valence-corrected chi connectivity index (χ0v) is 8.82. The molecule has 0 amide bonds. The summed E-state index contributed by atoms with van der Waals surface area (Å²) in [7, 11) is 0. The number of rotatable bonds is 6. The van der Waals surface area contributed by atoms with Crippen LogP contribution in [0.15, 0.2) is 11.3 Å². The molecule has 0 atom stereocenters. The first-order valence-electron chi connectivity index (χ1n) is 4.79. The van der Waals surface area contributed by atoms with Crippen molar-refractivity contribution in [3.63, 3.8) is 0 Å². The lowest BCUT2D eigenvalue weighted by atomic mass is 9.85. The van der Waals surface area contributed by atoms with Crippen LogP contribution < -0.4 is 0 Å². The highest BCUT2D eigenvalue weighted by atomic mass is 16.3. The molecular weight excluding hydrogens is 184 g/mol. The summed E-state index contributed by atoms with van der Waals surface area (Å²) in [6.07, 6.45) is 1.56. The average Bonchev–Trinajstić information content (AvgIpc) is 2.21. The van der Waals surface area contributed by atoms with Gasteiger partial charge in [-0.3, -0.25) is 0 Å². The quantitative estimate of drug-likeness (QED) is 0.477. The standard InChI is InChI=1S/C10H20O4/c1-3-4-8(2)9(14)10(5-11,6-12)7-13/h11-14H,3-7H2,1-2H3. The summed E-state index contributed by atoms with van der Waals surface area (Å²) < 4.78 is 0. The molecule has 0 unspecified atom stereocenters. The molecule has 4 N–H and O–H groups in total. The van der Waals surface area contributed by atoms with Crippen LogP contribution in [0.5, 0.6) is 0 Å². The minimum atomic E-state index is -1.29. The van der Waals surface area contributed by atoms with Gasteiger partial charge in [0.25, 0.3) is 0 Å². The van der Waals surface area contributed by atoms with Gasteiger partial charge >= 0.3 is 0 Å². The van der Waals surface area contributed by atoms with Crippen molar-refractivity contribution in [2.24, 2.45) is 5.41 Å². The predicted molar refractivity (Wildman–Crippen MR) is 53.9 cm³/mol. The van der Waals surface area contributed by atoms with E-state index >= 15 is 0 Å². The fraction of sp³-hybridized carbons (Fsp3) is 0.800. The molecule has 4 nitrogen and oxygen atoms in total. The highest BCUT2D eigenvalue weighted by Gasteiger charge is 2.34. The maximum atomic E-state index is 9.76. The molecule has 0 aromatic carbocycles. The first kappa shape index (κ1) is 13.4. The largest absolute Gasteiger partial charge is 0.512 e. The van der Waals surface area contributed by atoms with Gasteiger partial charge in [-0.25, -0.2) is 0 Å². The Bertz CT molecular complexity index is 186. The van der Waals surface area contributed by atoms with E-state index in [2.05, 4.69) is 0 Å². The second kappa shape index (κ2) is 6.01. The Kier molecular flexibility index (Phi) is 5.76. The normalized spacial score (nSPS) is 14.1. The van der Waals surface area contributed by atoms with E-state index in [1.807, 2.05) is 6.92 Å². The Balaban J connectivity index is 4.90. The van der Waals surface area contributed by atoms with Crippen LogP contribution in [0.1, 0.15) is 26.7 Å². The van der Waals surface area contributed by atoms with Gasteiger partial charge in [-0.1, -0.05) is 13.3 Å². The summed E-state index contributed by atoms with van der Waals surface area (Å²) in [5, 5.41) is 36.9. The van der Waals surface area contributed by atoms with Crippen LogP contribution in [0.2, 0.25) is 0 Å². The van der Waals surface area contributed by atoms with Crippen LogP contribution in [0.25, 0.3) is 0 Å². The smallest absolute Gasteiger partial charge is 0.104 e. The molecule has 0 saturated carbocycles. The summed E-state index contributed by atoms with van der Waals surface area (Å²) in [5.74, 6) is -0.0909. The third-order valence-corrected chi connectivity index (χ3v) is 2.44.